The van der Waals surface area contributed by atoms with Crippen molar-refractivity contribution in [2.24, 2.45) is 7.05 Å². The molecule has 27 heavy (non-hydrogen) atoms. The third-order valence-electron chi connectivity index (χ3n) is 4.90. The minimum Gasteiger partial charge on any atom is -0.389 e. The van der Waals surface area contributed by atoms with Crippen molar-refractivity contribution < 1.29 is 14.7 Å². The molecule has 10 nitrogen and oxygen atoms in total. The highest BCUT2D eigenvalue weighted by Gasteiger charge is 2.26. The van der Waals surface area contributed by atoms with Gasteiger partial charge in [0.1, 0.15) is 0 Å². The molecule has 0 aliphatic carbocycles. The van der Waals surface area contributed by atoms with Gasteiger partial charge in [0.05, 0.1) is 58.6 Å². The Morgan fingerprint density at radius 3 is 2.59 bits per heavy atom. The van der Waals surface area contributed by atoms with Gasteiger partial charge >= 0.3 is 5.69 Å². The number of aromatic nitrogens is 4. The molecule has 1 fully saturated rings. The average Bonchev–Trinajstić information content (AvgIpc) is 2.98. The van der Waals surface area contributed by atoms with Gasteiger partial charge in [-0.1, -0.05) is 0 Å². The maximum absolute atomic E-state index is 12.5. The van der Waals surface area contributed by atoms with Crippen LogP contribution in [0.25, 0.3) is 11.2 Å². The van der Waals surface area contributed by atoms with Gasteiger partial charge in [-0.2, -0.15) is 4.98 Å². The Labute approximate surface area is 157 Å². The summed E-state index contributed by atoms with van der Waals surface area (Å²) in [6.45, 7) is 7.62. The first kappa shape index (κ1) is 19.6. The van der Waals surface area contributed by atoms with Crippen LogP contribution in [-0.2, 0) is 18.3 Å². The third-order valence-corrected chi connectivity index (χ3v) is 4.90. The van der Waals surface area contributed by atoms with Gasteiger partial charge in [-0.25, -0.2) is 4.79 Å². The van der Waals surface area contributed by atoms with E-state index in [-0.39, 0.29) is 19.3 Å². The van der Waals surface area contributed by atoms with Gasteiger partial charge in [-0.05, 0) is 13.8 Å². The number of H-pyrrole nitrogens is 1. The second-order valence-corrected chi connectivity index (χ2v) is 7.49. The second kappa shape index (κ2) is 7.83. The minimum absolute atomic E-state index is 0.00322. The van der Waals surface area contributed by atoms with Crippen LogP contribution in [0.3, 0.4) is 0 Å². The van der Waals surface area contributed by atoms with Crippen LogP contribution in [0.4, 0.5) is 5.95 Å². The Hall–Kier alpha value is -2.17. The Kier molecular flexibility index (Phi) is 5.68. The van der Waals surface area contributed by atoms with Crippen molar-refractivity contribution in [2.45, 2.75) is 32.6 Å². The van der Waals surface area contributed by atoms with E-state index >= 15 is 0 Å². The van der Waals surface area contributed by atoms with E-state index < -0.39 is 17.4 Å². The lowest BCUT2D eigenvalue weighted by Crippen LogP contribution is -3.12. The average molecular weight is 381 g/mol. The predicted molar refractivity (Wildman–Crippen MR) is 102 cm³/mol. The van der Waals surface area contributed by atoms with Gasteiger partial charge in [0.2, 0.25) is 5.95 Å². The van der Waals surface area contributed by atoms with Crippen molar-refractivity contribution in [1.29, 1.82) is 0 Å². The number of aliphatic hydroxyl groups excluding tert-OH is 1. The molecule has 2 aromatic rings. The zero-order chi connectivity index (χ0) is 19.7. The molecule has 0 radical (unpaired) electrons. The van der Waals surface area contributed by atoms with E-state index in [1.54, 1.807) is 11.6 Å². The fourth-order valence-electron chi connectivity index (χ4n) is 3.29. The summed E-state index contributed by atoms with van der Waals surface area (Å²) >= 11 is 0. The number of ether oxygens (including phenoxy) is 1. The second-order valence-electron chi connectivity index (χ2n) is 7.49. The number of fused-ring (bicyclic) bond motifs is 1. The molecule has 1 aliphatic rings. The molecule has 10 heteroatoms. The number of rotatable bonds is 6. The van der Waals surface area contributed by atoms with Crippen molar-refractivity contribution in [3.05, 3.63) is 20.8 Å². The molecule has 150 valence electrons. The lowest BCUT2D eigenvalue weighted by molar-refractivity contribution is -0.880. The Balaban J connectivity index is 2.04. The van der Waals surface area contributed by atoms with Crippen molar-refractivity contribution in [3.63, 3.8) is 0 Å². The quantitative estimate of drug-likeness (QED) is 0.512. The first-order chi connectivity index (χ1) is 12.8. The Morgan fingerprint density at radius 1 is 1.30 bits per heavy atom. The largest absolute Gasteiger partial charge is 0.389 e. The lowest BCUT2D eigenvalue weighted by atomic mass is 10.3. The number of hydrogen-bond acceptors (Lipinski definition) is 6. The van der Waals surface area contributed by atoms with E-state index in [9.17, 15) is 14.7 Å². The molecule has 0 unspecified atom stereocenters. The van der Waals surface area contributed by atoms with E-state index in [2.05, 4.69) is 21.9 Å². The number of aliphatic hydroxyl groups is 1. The van der Waals surface area contributed by atoms with Crippen LogP contribution in [0.5, 0.6) is 0 Å². The minimum atomic E-state index is -0.793. The predicted octanol–water partition coefficient (Wildman–Crippen LogP) is -2.46. The topological polar surface area (TPSA) is 110 Å². The molecule has 3 rings (SSSR count). The van der Waals surface area contributed by atoms with Crippen LogP contribution in [0, 0.1) is 0 Å². The van der Waals surface area contributed by atoms with Crippen LogP contribution < -0.4 is 21.0 Å². The van der Waals surface area contributed by atoms with Crippen LogP contribution in [-0.4, -0.2) is 76.3 Å². The van der Waals surface area contributed by atoms with Gasteiger partial charge in [0, 0.05) is 7.05 Å². The number of anilines is 1. The number of aromatic amines is 1. The van der Waals surface area contributed by atoms with Gasteiger partial charge < -0.3 is 24.2 Å². The number of hydrogen-bond donors (Lipinski definition) is 3. The summed E-state index contributed by atoms with van der Waals surface area (Å²) in [5.41, 5.74) is -0.386. The first-order valence-electron chi connectivity index (χ1n) is 9.33. The molecular formula is C17H29N6O4+. The van der Waals surface area contributed by atoms with E-state index in [0.717, 1.165) is 26.2 Å². The summed E-state index contributed by atoms with van der Waals surface area (Å²) < 4.78 is 8.53. The fourth-order valence-corrected chi connectivity index (χ4v) is 3.29. The lowest BCUT2D eigenvalue weighted by Gasteiger charge is -2.31. The van der Waals surface area contributed by atoms with Gasteiger partial charge in [0.15, 0.2) is 11.2 Å². The fraction of sp³-hybridized carbons (Fsp3) is 0.706. The third kappa shape index (κ3) is 4.07. The molecule has 1 atom stereocenters. The highest BCUT2D eigenvalue weighted by molar-refractivity contribution is 5.74. The number of likely N-dealkylation sites (N-methyl/N-ethyl adjacent to an activating group) is 1. The normalized spacial score (nSPS) is 17.2. The number of quaternary nitrogens is 1. The highest BCUT2D eigenvalue weighted by Crippen LogP contribution is 2.20. The van der Waals surface area contributed by atoms with Gasteiger partial charge in [0.25, 0.3) is 5.56 Å². The van der Waals surface area contributed by atoms with Crippen molar-refractivity contribution in [3.8, 4) is 0 Å². The molecule has 3 N–H and O–H groups in total. The molecule has 0 bridgehead atoms. The molecule has 0 amide bonds. The first-order valence-corrected chi connectivity index (χ1v) is 9.33. The van der Waals surface area contributed by atoms with Gasteiger partial charge in [-0.3, -0.25) is 14.3 Å². The molecule has 1 saturated heterocycles. The van der Waals surface area contributed by atoms with Crippen LogP contribution in [0.2, 0.25) is 0 Å². The van der Waals surface area contributed by atoms with Crippen molar-refractivity contribution in [2.75, 3.05) is 44.7 Å². The number of imidazole rings is 1. The highest BCUT2D eigenvalue weighted by atomic mass is 16.5. The van der Waals surface area contributed by atoms with Crippen LogP contribution in [0.1, 0.15) is 13.8 Å². The molecule has 2 aromatic heterocycles. The van der Waals surface area contributed by atoms with E-state index in [4.69, 9.17) is 4.74 Å². The van der Waals surface area contributed by atoms with E-state index in [1.165, 1.54) is 9.47 Å². The van der Waals surface area contributed by atoms with Crippen molar-refractivity contribution in [1.82, 2.24) is 19.1 Å². The number of piperazine rings is 1. The summed E-state index contributed by atoms with van der Waals surface area (Å²) in [5, 5.41) is 10.4. The number of nitrogens with zero attached hydrogens (tertiary/aromatic N) is 4. The summed E-state index contributed by atoms with van der Waals surface area (Å²) in [7, 11) is 3.72. The maximum Gasteiger partial charge on any atom is 0.329 e. The Morgan fingerprint density at radius 2 is 1.96 bits per heavy atom. The molecular weight excluding hydrogens is 352 g/mol. The maximum atomic E-state index is 12.5. The van der Waals surface area contributed by atoms with E-state index in [0.29, 0.717) is 17.1 Å². The van der Waals surface area contributed by atoms with Crippen molar-refractivity contribution >= 4 is 17.1 Å². The van der Waals surface area contributed by atoms with Gasteiger partial charge in [-0.15, -0.1) is 0 Å². The zero-order valence-electron chi connectivity index (χ0n) is 16.4. The Bertz CT molecular complexity index is 907. The standard InChI is InChI=1S/C17H28N6O4/c1-11(2)27-10-12(24)9-23-13-14(21(4)17(26)19-15(13)25)18-16(23)22-7-5-20(3)6-8-22/h11-12,24H,5-10H2,1-4H3,(H,19,25,26)/p+1/t12-/m0/s1. The summed E-state index contributed by atoms with van der Waals surface area (Å²) in [6.07, 6.45) is -0.790. The molecule has 3 heterocycles. The van der Waals surface area contributed by atoms with Crippen LogP contribution >= 0.6 is 0 Å². The van der Waals surface area contributed by atoms with E-state index in [1.807, 2.05) is 13.8 Å². The summed E-state index contributed by atoms with van der Waals surface area (Å²) in [6, 6.07) is 0. The smallest absolute Gasteiger partial charge is 0.329 e. The molecule has 0 aromatic carbocycles. The molecule has 0 saturated carbocycles. The molecule has 1 aliphatic heterocycles. The molecule has 0 spiro atoms. The SMILES string of the molecule is CC(C)OC[C@@H](O)Cn1c(N2CC[NH+](C)CC2)nc2c1c(=O)[nH]c(=O)n2C. The monoisotopic (exact) mass is 381 g/mol. The number of nitrogens with one attached hydrogen (secondary N) is 2. The summed E-state index contributed by atoms with van der Waals surface area (Å²) in [4.78, 5) is 34.9. The number of aryl methyl sites for hydroxylation is 1. The summed E-state index contributed by atoms with van der Waals surface area (Å²) in [5.74, 6) is 0.604. The zero-order valence-corrected chi connectivity index (χ0v) is 16.4. The van der Waals surface area contributed by atoms with Crippen LogP contribution in [0.15, 0.2) is 9.59 Å².